The van der Waals surface area contributed by atoms with Gasteiger partial charge in [-0.05, 0) is 25.0 Å². The van der Waals surface area contributed by atoms with Gasteiger partial charge in [0.1, 0.15) is 12.4 Å². The lowest BCUT2D eigenvalue weighted by Crippen LogP contribution is -2.49. The summed E-state index contributed by atoms with van der Waals surface area (Å²) in [6.07, 6.45) is 2.21. The van der Waals surface area contributed by atoms with Crippen LogP contribution in [-0.2, 0) is 0 Å². The van der Waals surface area contributed by atoms with Crippen molar-refractivity contribution in [2.75, 3.05) is 13.2 Å². The third-order valence-corrected chi connectivity index (χ3v) is 2.72. The molecule has 1 saturated carbocycles. The van der Waals surface area contributed by atoms with Crippen molar-refractivity contribution >= 4 is 0 Å². The molecule has 15 heavy (non-hydrogen) atoms. The number of nitrogens with two attached hydrogens (primary N) is 1. The van der Waals surface area contributed by atoms with E-state index in [0.717, 1.165) is 31.7 Å². The zero-order chi connectivity index (χ0) is 10.5. The predicted octanol–water partition coefficient (Wildman–Crippen LogP) is 1.14. The Bertz CT molecular complexity index is 283. The molecule has 1 aliphatic rings. The summed E-state index contributed by atoms with van der Waals surface area (Å²) < 4.78 is 5.56. The molecular weight excluding hydrogens is 188 g/mol. The lowest BCUT2D eigenvalue weighted by molar-refractivity contribution is 0.256. The van der Waals surface area contributed by atoms with Crippen LogP contribution in [0.5, 0.6) is 5.75 Å². The minimum Gasteiger partial charge on any atom is -0.492 e. The van der Waals surface area contributed by atoms with E-state index in [0.29, 0.717) is 12.1 Å². The number of nitrogens with one attached hydrogen (secondary N) is 1. The fraction of sp³-hybridized carbons (Fsp3) is 0.500. The smallest absolute Gasteiger partial charge is 0.119 e. The Morgan fingerprint density at radius 3 is 2.67 bits per heavy atom. The van der Waals surface area contributed by atoms with E-state index in [-0.39, 0.29) is 0 Å². The number of hydrogen-bond acceptors (Lipinski definition) is 3. The van der Waals surface area contributed by atoms with E-state index in [9.17, 15) is 0 Å². The van der Waals surface area contributed by atoms with E-state index in [1.807, 2.05) is 30.3 Å². The van der Waals surface area contributed by atoms with Gasteiger partial charge in [-0.25, -0.2) is 0 Å². The first-order valence-electron chi connectivity index (χ1n) is 5.51. The number of ether oxygens (including phenoxy) is 1. The normalized spacial score (nSPS) is 24.6. The lowest BCUT2D eigenvalue weighted by atomic mass is 9.88. The van der Waals surface area contributed by atoms with Crippen LogP contribution >= 0.6 is 0 Å². The Balaban J connectivity index is 1.56. The van der Waals surface area contributed by atoms with Crippen molar-refractivity contribution in [3.8, 4) is 5.75 Å². The van der Waals surface area contributed by atoms with Crippen LogP contribution in [-0.4, -0.2) is 25.2 Å². The van der Waals surface area contributed by atoms with Crippen LogP contribution in [0.2, 0.25) is 0 Å². The van der Waals surface area contributed by atoms with Gasteiger partial charge in [-0.15, -0.1) is 0 Å². The minimum absolute atomic E-state index is 0.414. The molecule has 3 heteroatoms. The largest absolute Gasteiger partial charge is 0.492 e. The lowest BCUT2D eigenvalue weighted by Gasteiger charge is -2.33. The maximum absolute atomic E-state index is 5.69. The van der Waals surface area contributed by atoms with Crippen molar-refractivity contribution in [1.82, 2.24) is 5.32 Å². The molecular formula is C12H18N2O. The molecule has 0 unspecified atom stereocenters. The first-order valence-corrected chi connectivity index (χ1v) is 5.51. The van der Waals surface area contributed by atoms with E-state index in [4.69, 9.17) is 10.5 Å². The van der Waals surface area contributed by atoms with Crippen molar-refractivity contribution < 1.29 is 4.74 Å². The maximum atomic E-state index is 5.69. The summed E-state index contributed by atoms with van der Waals surface area (Å²) in [6, 6.07) is 10.9. The summed E-state index contributed by atoms with van der Waals surface area (Å²) in [5, 5.41) is 3.41. The zero-order valence-corrected chi connectivity index (χ0v) is 8.86. The van der Waals surface area contributed by atoms with Crippen molar-refractivity contribution in [2.45, 2.75) is 24.9 Å². The molecule has 3 nitrogen and oxygen atoms in total. The highest BCUT2D eigenvalue weighted by Crippen LogP contribution is 2.16. The molecule has 0 bridgehead atoms. The molecule has 82 valence electrons. The van der Waals surface area contributed by atoms with Crippen molar-refractivity contribution in [1.29, 1.82) is 0 Å². The Morgan fingerprint density at radius 1 is 1.27 bits per heavy atom. The first kappa shape index (κ1) is 10.5. The van der Waals surface area contributed by atoms with E-state index in [1.165, 1.54) is 0 Å². The second-order valence-corrected chi connectivity index (χ2v) is 4.04. The van der Waals surface area contributed by atoms with Crippen LogP contribution in [0.15, 0.2) is 30.3 Å². The second kappa shape index (κ2) is 5.14. The number of rotatable bonds is 5. The van der Waals surface area contributed by atoms with Gasteiger partial charge in [-0.1, -0.05) is 18.2 Å². The van der Waals surface area contributed by atoms with Crippen molar-refractivity contribution in [3.63, 3.8) is 0 Å². The van der Waals surface area contributed by atoms with Gasteiger partial charge < -0.3 is 15.8 Å². The van der Waals surface area contributed by atoms with Crippen molar-refractivity contribution in [2.24, 2.45) is 5.73 Å². The Labute approximate surface area is 90.6 Å². The van der Waals surface area contributed by atoms with Gasteiger partial charge in [0, 0.05) is 18.6 Å². The molecule has 0 aromatic heterocycles. The van der Waals surface area contributed by atoms with Crippen molar-refractivity contribution in [3.05, 3.63) is 30.3 Å². The standard InChI is InChI=1S/C12H18N2O/c13-10-8-11(9-10)14-6-7-15-12-4-2-1-3-5-12/h1-5,10-11,14H,6-9,13H2. The van der Waals surface area contributed by atoms with Crippen LogP contribution in [0.1, 0.15) is 12.8 Å². The van der Waals surface area contributed by atoms with E-state index in [2.05, 4.69) is 5.32 Å². The maximum Gasteiger partial charge on any atom is 0.119 e. The molecule has 1 aromatic carbocycles. The fourth-order valence-electron chi connectivity index (χ4n) is 1.78. The molecule has 1 aromatic rings. The topological polar surface area (TPSA) is 47.3 Å². The molecule has 1 fully saturated rings. The van der Waals surface area contributed by atoms with E-state index >= 15 is 0 Å². The Kier molecular flexibility index (Phi) is 3.59. The summed E-state index contributed by atoms with van der Waals surface area (Å²) >= 11 is 0. The second-order valence-electron chi connectivity index (χ2n) is 4.04. The molecule has 0 aliphatic heterocycles. The highest BCUT2D eigenvalue weighted by molar-refractivity contribution is 5.20. The SMILES string of the molecule is NC1CC(NCCOc2ccccc2)C1. The molecule has 0 atom stereocenters. The summed E-state index contributed by atoms with van der Waals surface area (Å²) in [5.41, 5.74) is 5.69. The molecule has 0 radical (unpaired) electrons. The third kappa shape index (κ3) is 3.22. The molecule has 0 spiro atoms. The Hall–Kier alpha value is -1.06. The van der Waals surface area contributed by atoms with E-state index in [1.54, 1.807) is 0 Å². The molecule has 0 saturated heterocycles. The quantitative estimate of drug-likeness (QED) is 0.710. The van der Waals surface area contributed by atoms with Gasteiger partial charge in [-0.2, -0.15) is 0 Å². The molecule has 1 aliphatic carbocycles. The van der Waals surface area contributed by atoms with Crippen LogP contribution in [0, 0.1) is 0 Å². The van der Waals surface area contributed by atoms with E-state index < -0.39 is 0 Å². The van der Waals surface area contributed by atoms with Gasteiger partial charge in [0.25, 0.3) is 0 Å². The Morgan fingerprint density at radius 2 is 2.00 bits per heavy atom. The molecule has 0 heterocycles. The highest BCUT2D eigenvalue weighted by Gasteiger charge is 2.24. The summed E-state index contributed by atoms with van der Waals surface area (Å²) in [4.78, 5) is 0. The zero-order valence-electron chi connectivity index (χ0n) is 8.86. The van der Waals surface area contributed by atoms with Crippen LogP contribution in [0.4, 0.5) is 0 Å². The average molecular weight is 206 g/mol. The van der Waals surface area contributed by atoms with Gasteiger partial charge in [0.15, 0.2) is 0 Å². The minimum atomic E-state index is 0.414. The number of para-hydroxylation sites is 1. The number of benzene rings is 1. The number of hydrogen-bond donors (Lipinski definition) is 2. The summed E-state index contributed by atoms with van der Waals surface area (Å²) in [5.74, 6) is 0.935. The van der Waals surface area contributed by atoms with Gasteiger partial charge in [-0.3, -0.25) is 0 Å². The van der Waals surface area contributed by atoms with Gasteiger partial charge in [0.2, 0.25) is 0 Å². The van der Waals surface area contributed by atoms with Gasteiger partial charge in [0.05, 0.1) is 0 Å². The first-order chi connectivity index (χ1) is 7.34. The fourth-order valence-corrected chi connectivity index (χ4v) is 1.78. The average Bonchev–Trinajstić information content (AvgIpc) is 2.23. The predicted molar refractivity (Wildman–Crippen MR) is 60.9 cm³/mol. The molecule has 3 N–H and O–H groups in total. The van der Waals surface area contributed by atoms with Crippen LogP contribution in [0.3, 0.4) is 0 Å². The summed E-state index contributed by atoms with van der Waals surface area (Å²) in [6.45, 7) is 1.61. The third-order valence-electron chi connectivity index (χ3n) is 2.72. The van der Waals surface area contributed by atoms with Gasteiger partial charge >= 0.3 is 0 Å². The summed E-state index contributed by atoms with van der Waals surface area (Å²) in [7, 11) is 0. The highest BCUT2D eigenvalue weighted by atomic mass is 16.5. The monoisotopic (exact) mass is 206 g/mol. The van der Waals surface area contributed by atoms with Crippen LogP contribution in [0.25, 0.3) is 0 Å². The van der Waals surface area contributed by atoms with Crippen LogP contribution < -0.4 is 15.8 Å². The molecule has 0 amide bonds. The molecule has 2 rings (SSSR count).